The number of hydrogen-bond acceptors (Lipinski definition) is 3. The molecule has 0 spiro atoms. The van der Waals surface area contributed by atoms with Crippen LogP contribution in [0, 0.1) is 6.92 Å². The van der Waals surface area contributed by atoms with Crippen LogP contribution in [0.3, 0.4) is 0 Å². The van der Waals surface area contributed by atoms with Crippen molar-refractivity contribution in [3.8, 4) is 0 Å². The first-order valence-corrected chi connectivity index (χ1v) is 10.5. The molecule has 0 saturated carbocycles. The molecule has 4 N–H and O–H groups in total. The lowest BCUT2D eigenvalue weighted by Gasteiger charge is -2.37. The van der Waals surface area contributed by atoms with Crippen LogP contribution in [0.4, 0.5) is 0 Å². The molecule has 0 radical (unpaired) electrons. The summed E-state index contributed by atoms with van der Waals surface area (Å²) in [6.07, 6.45) is 2.08. The van der Waals surface area contributed by atoms with Gasteiger partial charge in [-0.15, -0.1) is 0 Å². The molecule has 0 aliphatic carbocycles. The first-order chi connectivity index (χ1) is 14.5. The van der Waals surface area contributed by atoms with Gasteiger partial charge < -0.3 is 10.8 Å². The van der Waals surface area contributed by atoms with Gasteiger partial charge in [0, 0.05) is 0 Å². The van der Waals surface area contributed by atoms with E-state index in [-0.39, 0.29) is 0 Å². The van der Waals surface area contributed by atoms with Crippen molar-refractivity contribution < 1.29 is 9.90 Å². The van der Waals surface area contributed by atoms with Gasteiger partial charge >= 0.3 is 5.97 Å². The Morgan fingerprint density at radius 3 is 1.87 bits per heavy atom. The number of nitrogens with one attached hydrogen (secondary N) is 1. The molecule has 0 aliphatic rings. The molecule has 30 heavy (non-hydrogen) atoms. The van der Waals surface area contributed by atoms with E-state index in [1.165, 1.54) is 22.3 Å². The Balaban J connectivity index is 1.95. The molecule has 0 fully saturated rings. The van der Waals surface area contributed by atoms with Crippen LogP contribution in [0.2, 0.25) is 0 Å². The fourth-order valence-corrected chi connectivity index (χ4v) is 3.87. The molecule has 156 valence electrons. The Hall–Kier alpha value is -2.95. The highest BCUT2D eigenvalue weighted by atomic mass is 16.4. The maximum Gasteiger partial charge on any atom is 0.320 e. The third-order valence-electron chi connectivity index (χ3n) is 5.55. The number of hydrogen-bond donors (Lipinski definition) is 3. The number of carboxylic acid groups (broad SMARTS) is 1. The minimum Gasteiger partial charge on any atom is -0.480 e. The fourth-order valence-electron chi connectivity index (χ4n) is 3.87. The van der Waals surface area contributed by atoms with E-state index in [0.717, 1.165) is 19.4 Å². The molecule has 0 amide bonds. The van der Waals surface area contributed by atoms with Crippen LogP contribution >= 0.6 is 0 Å². The number of carbonyl (C=O) groups is 1. The number of benzene rings is 3. The third-order valence-corrected chi connectivity index (χ3v) is 5.55. The number of nitrogens with two attached hydrogens (primary N) is 1. The van der Waals surface area contributed by atoms with Gasteiger partial charge in [-0.05, 0) is 43.0 Å². The zero-order valence-corrected chi connectivity index (χ0v) is 17.4. The molecule has 0 aliphatic heterocycles. The minimum absolute atomic E-state index is 0.477. The molecule has 4 heteroatoms. The van der Waals surface area contributed by atoms with Crippen LogP contribution in [-0.4, -0.2) is 23.7 Å². The van der Waals surface area contributed by atoms with Crippen molar-refractivity contribution in [3.05, 3.63) is 107 Å². The maximum atomic E-state index is 11.0. The fraction of sp³-hybridized carbons (Fsp3) is 0.269. The van der Waals surface area contributed by atoms with Crippen LogP contribution in [0.15, 0.2) is 84.9 Å². The largest absolute Gasteiger partial charge is 0.480 e. The number of rotatable bonds is 10. The smallest absolute Gasteiger partial charge is 0.320 e. The Morgan fingerprint density at radius 2 is 1.37 bits per heavy atom. The number of aliphatic carboxylic acids is 1. The molecule has 3 rings (SSSR count). The van der Waals surface area contributed by atoms with Gasteiger partial charge in [0.2, 0.25) is 0 Å². The highest BCUT2D eigenvalue weighted by Crippen LogP contribution is 2.37. The van der Waals surface area contributed by atoms with E-state index in [1.807, 2.05) is 12.1 Å². The third kappa shape index (κ3) is 4.96. The van der Waals surface area contributed by atoms with Gasteiger partial charge in [-0.3, -0.25) is 10.1 Å². The Labute approximate surface area is 178 Å². The van der Waals surface area contributed by atoms with E-state index in [0.29, 0.717) is 6.42 Å². The summed E-state index contributed by atoms with van der Waals surface area (Å²) in [5, 5.41) is 12.8. The van der Waals surface area contributed by atoms with Crippen molar-refractivity contribution in [1.82, 2.24) is 5.32 Å². The van der Waals surface area contributed by atoms with Gasteiger partial charge in [0.15, 0.2) is 0 Å². The summed E-state index contributed by atoms with van der Waals surface area (Å²) in [7, 11) is 0. The molecule has 0 unspecified atom stereocenters. The topological polar surface area (TPSA) is 75.3 Å². The lowest BCUT2D eigenvalue weighted by atomic mass is 9.76. The van der Waals surface area contributed by atoms with Crippen LogP contribution in [0.25, 0.3) is 0 Å². The quantitative estimate of drug-likeness (QED) is 0.346. The van der Waals surface area contributed by atoms with E-state index in [9.17, 15) is 4.79 Å². The van der Waals surface area contributed by atoms with Crippen molar-refractivity contribution in [2.24, 2.45) is 5.73 Å². The van der Waals surface area contributed by atoms with Gasteiger partial charge in [-0.2, -0.15) is 0 Å². The van der Waals surface area contributed by atoms with Crippen LogP contribution < -0.4 is 11.1 Å². The van der Waals surface area contributed by atoms with Crippen molar-refractivity contribution in [3.63, 3.8) is 0 Å². The predicted octanol–water partition coefficient (Wildman–Crippen LogP) is 4.46. The second-order valence-corrected chi connectivity index (χ2v) is 7.72. The molecule has 3 aromatic carbocycles. The van der Waals surface area contributed by atoms with Crippen LogP contribution in [0.5, 0.6) is 0 Å². The molecule has 0 bridgehead atoms. The molecule has 0 saturated heterocycles. The number of unbranched alkanes of at least 4 members (excludes halogenated alkanes) is 1. The number of carboxylic acids is 1. The van der Waals surface area contributed by atoms with E-state index in [1.54, 1.807) is 0 Å². The van der Waals surface area contributed by atoms with Gasteiger partial charge in [0.25, 0.3) is 0 Å². The molecule has 0 aromatic heterocycles. The van der Waals surface area contributed by atoms with Gasteiger partial charge in [0.05, 0.1) is 5.54 Å². The molecule has 3 aromatic rings. The highest BCUT2D eigenvalue weighted by Gasteiger charge is 2.35. The summed E-state index contributed by atoms with van der Waals surface area (Å²) >= 11 is 0. The summed E-state index contributed by atoms with van der Waals surface area (Å²) in [4.78, 5) is 11.0. The second-order valence-electron chi connectivity index (χ2n) is 7.72. The average molecular weight is 403 g/mol. The van der Waals surface area contributed by atoms with Crippen molar-refractivity contribution in [1.29, 1.82) is 0 Å². The Bertz CT molecular complexity index is 885. The predicted molar refractivity (Wildman–Crippen MR) is 121 cm³/mol. The SMILES string of the molecule is Cc1ccc(C(NCCCC[C@H](N)C(=O)O)(c2ccccc2)c2ccccc2)cc1. The van der Waals surface area contributed by atoms with Crippen LogP contribution in [0.1, 0.15) is 41.5 Å². The standard InChI is InChI=1S/C26H30N2O2/c1-20-15-17-23(18-16-20)26(21-10-4-2-5-11-21,22-12-6-3-7-13-22)28-19-9-8-14-24(27)25(29)30/h2-7,10-13,15-18,24,28H,8-9,14,19,27H2,1H3,(H,29,30)/t24-/m0/s1. The monoisotopic (exact) mass is 402 g/mol. The summed E-state index contributed by atoms with van der Waals surface area (Å²) in [6.45, 7) is 2.83. The second kappa shape index (κ2) is 10.2. The van der Waals surface area contributed by atoms with Gasteiger partial charge in [-0.1, -0.05) is 96.9 Å². The van der Waals surface area contributed by atoms with E-state index < -0.39 is 17.6 Å². The molecule has 1 atom stereocenters. The van der Waals surface area contributed by atoms with Crippen molar-refractivity contribution in [2.75, 3.05) is 6.54 Å². The summed E-state index contributed by atoms with van der Waals surface area (Å²) < 4.78 is 0. The first-order valence-electron chi connectivity index (χ1n) is 10.5. The van der Waals surface area contributed by atoms with E-state index in [4.69, 9.17) is 10.8 Å². The lowest BCUT2D eigenvalue weighted by molar-refractivity contribution is -0.138. The molecular weight excluding hydrogens is 372 g/mol. The Kier molecular flexibility index (Phi) is 7.39. The maximum absolute atomic E-state index is 11.0. The molecule has 0 heterocycles. The summed E-state index contributed by atoms with van der Waals surface area (Å²) in [5.41, 5.74) is 9.89. The van der Waals surface area contributed by atoms with Gasteiger partial charge in [-0.25, -0.2) is 0 Å². The van der Waals surface area contributed by atoms with Crippen molar-refractivity contribution >= 4 is 5.97 Å². The summed E-state index contributed by atoms with van der Waals surface area (Å²) in [6, 6.07) is 28.8. The van der Waals surface area contributed by atoms with E-state index in [2.05, 4.69) is 85.0 Å². The Morgan fingerprint density at radius 1 is 0.867 bits per heavy atom. The minimum atomic E-state index is -0.939. The van der Waals surface area contributed by atoms with Crippen molar-refractivity contribution in [2.45, 2.75) is 37.8 Å². The lowest BCUT2D eigenvalue weighted by Crippen LogP contribution is -2.45. The molecular formula is C26H30N2O2. The average Bonchev–Trinajstić information content (AvgIpc) is 2.78. The van der Waals surface area contributed by atoms with E-state index >= 15 is 0 Å². The zero-order chi connectivity index (χ0) is 21.4. The van der Waals surface area contributed by atoms with Crippen LogP contribution in [-0.2, 0) is 10.3 Å². The zero-order valence-electron chi connectivity index (χ0n) is 17.4. The normalized spacial score (nSPS) is 12.5. The number of aryl methyl sites for hydroxylation is 1. The summed E-state index contributed by atoms with van der Waals surface area (Å²) in [5.74, 6) is -0.939. The van der Waals surface area contributed by atoms with Gasteiger partial charge in [0.1, 0.15) is 6.04 Å². The molecule has 4 nitrogen and oxygen atoms in total. The highest BCUT2D eigenvalue weighted by molar-refractivity contribution is 5.72. The first kappa shape index (κ1) is 21.8.